The molecule has 2 amide bonds. The molecule has 9 nitrogen and oxygen atoms in total. The zero-order chi connectivity index (χ0) is 26.2. The van der Waals surface area contributed by atoms with E-state index in [-0.39, 0.29) is 46.3 Å². The van der Waals surface area contributed by atoms with Gasteiger partial charge in [0.1, 0.15) is 12.2 Å². The van der Waals surface area contributed by atoms with Crippen molar-refractivity contribution in [2.75, 3.05) is 45.2 Å². The minimum atomic E-state index is -4.55. The first-order valence-electron chi connectivity index (χ1n) is 11.5. The van der Waals surface area contributed by atoms with Crippen LogP contribution in [0.4, 0.5) is 28.0 Å². The number of nitrogens with zero attached hydrogens (tertiary/aromatic N) is 3. The number of nitrogens with one attached hydrogen (secondary N) is 3. The lowest BCUT2D eigenvalue weighted by Crippen LogP contribution is -2.48. The summed E-state index contributed by atoms with van der Waals surface area (Å²) in [6, 6.07) is 3.52. The molecular formula is C22H24F4N6O3S2. The maximum Gasteiger partial charge on any atom is 0.446 e. The third-order valence-corrected chi connectivity index (χ3v) is 8.40. The van der Waals surface area contributed by atoms with E-state index in [4.69, 9.17) is 9.26 Å². The Morgan fingerprint density at radius 3 is 2.92 bits per heavy atom. The molecule has 37 heavy (non-hydrogen) atoms. The molecule has 0 radical (unpaired) electrons. The number of amides is 2. The van der Waals surface area contributed by atoms with Gasteiger partial charge in [0, 0.05) is 43.6 Å². The van der Waals surface area contributed by atoms with Crippen molar-refractivity contribution in [2.24, 2.45) is 0 Å². The average Bonchev–Trinajstić information content (AvgIpc) is 3.58. The van der Waals surface area contributed by atoms with Gasteiger partial charge in [-0.25, -0.2) is 9.18 Å². The van der Waals surface area contributed by atoms with Crippen molar-refractivity contribution < 1.29 is 31.6 Å². The van der Waals surface area contributed by atoms with E-state index in [1.165, 1.54) is 0 Å². The van der Waals surface area contributed by atoms with Crippen molar-refractivity contribution >= 4 is 44.9 Å². The van der Waals surface area contributed by atoms with Crippen molar-refractivity contribution in [1.82, 2.24) is 25.7 Å². The first-order chi connectivity index (χ1) is 17.7. The van der Waals surface area contributed by atoms with Crippen LogP contribution in [0.2, 0.25) is 0 Å². The highest BCUT2D eigenvalue weighted by molar-refractivity contribution is 8.00. The zero-order valence-electron chi connectivity index (χ0n) is 19.6. The number of ether oxygens (including phenoxy) is 1. The number of benzene rings is 1. The summed E-state index contributed by atoms with van der Waals surface area (Å²) in [4.78, 5) is 17.8. The van der Waals surface area contributed by atoms with Gasteiger partial charge >= 0.3 is 11.5 Å². The number of piperidine rings is 1. The van der Waals surface area contributed by atoms with E-state index in [9.17, 15) is 22.4 Å². The molecular weight excluding hydrogens is 536 g/mol. The van der Waals surface area contributed by atoms with E-state index in [0.29, 0.717) is 41.9 Å². The summed E-state index contributed by atoms with van der Waals surface area (Å²) in [5.41, 5.74) is -4.01. The number of urea groups is 1. The lowest BCUT2D eigenvalue weighted by molar-refractivity contribution is -0.0327. The number of aromatic nitrogens is 2. The second kappa shape index (κ2) is 10.6. The first kappa shape index (κ1) is 26.0. The summed E-state index contributed by atoms with van der Waals surface area (Å²) >= 11 is 0.831. The van der Waals surface area contributed by atoms with Crippen LogP contribution in [-0.4, -0.2) is 78.7 Å². The molecule has 2 fully saturated rings. The lowest BCUT2D eigenvalue weighted by atomic mass is 10.0. The normalized spacial score (nSPS) is 22.8. The zero-order valence-corrected chi connectivity index (χ0v) is 21.2. The van der Waals surface area contributed by atoms with Crippen molar-refractivity contribution in [3.63, 3.8) is 0 Å². The highest BCUT2D eigenvalue weighted by atomic mass is 32.2. The maximum atomic E-state index is 15.0. The number of hydrogen-bond acceptors (Lipinski definition) is 9. The monoisotopic (exact) mass is 560 g/mol. The van der Waals surface area contributed by atoms with Crippen LogP contribution in [0, 0.1) is 0 Å². The molecule has 0 aliphatic carbocycles. The number of carbonyl (C=O) groups excluding carboxylic acids is 1. The third-order valence-electron chi connectivity index (χ3n) is 6.18. The largest absolute Gasteiger partial charge is 0.446 e. The standard InChI is InChI=1S/C22H24F4N6O3S2/c1-34-8-7-32-6-5-13(12(23)10-32)28-14-4-2-3-11-16(14)36-18(17(11)37-22(24,25)26)19-30-20(35-31-19)15-9-27-21(33)29-15/h2-4,12-13,15,28H,5-10H2,1H3,(H2,27,29,33)/t12-,13+,15+/m0/s1. The van der Waals surface area contributed by atoms with Gasteiger partial charge < -0.3 is 25.2 Å². The van der Waals surface area contributed by atoms with E-state index in [1.54, 1.807) is 25.3 Å². The van der Waals surface area contributed by atoms with Gasteiger partial charge in [-0.2, -0.15) is 18.2 Å². The summed E-state index contributed by atoms with van der Waals surface area (Å²) in [6.07, 6.45) is -0.613. The fourth-order valence-electron chi connectivity index (χ4n) is 4.40. The molecule has 200 valence electrons. The quantitative estimate of drug-likeness (QED) is 0.275. The smallest absolute Gasteiger partial charge is 0.383 e. The number of thiophene rings is 1. The van der Waals surface area contributed by atoms with Gasteiger partial charge in [-0.15, -0.1) is 11.3 Å². The molecule has 2 aliphatic rings. The number of likely N-dealkylation sites (tertiary alicyclic amines) is 1. The Kier molecular flexibility index (Phi) is 7.47. The molecule has 3 aromatic rings. The number of fused-ring (bicyclic) bond motifs is 1. The number of halogens is 4. The molecule has 15 heteroatoms. The Bertz CT molecular complexity index is 1270. The number of thioether (sulfide) groups is 1. The molecule has 5 rings (SSSR count). The van der Waals surface area contributed by atoms with E-state index in [1.807, 2.05) is 4.90 Å². The van der Waals surface area contributed by atoms with Crippen molar-refractivity contribution in [3.05, 3.63) is 24.1 Å². The highest BCUT2D eigenvalue weighted by Gasteiger charge is 2.35. The van der Waals surface area contributed by atoms with Crippen LogP contribution in [0.25, 0.3) is 20.8 Å². The van der Waals surface area contributed by atoms with Gasteiger partial charge in [0.15, 0.2) is 0 Å². The van der Waals surface area contributed by atoms with Gasteiger partial charge in [0.25, 0.3) is 5.89 Å². The number of methoxy groups -OCH3 is 1. The van der Waals surface area contributed by atoms with Crippen molar-refractivity contribution in [2.45, 2.75) is 35.1 Å². The molecule has 2 aromatic heterocycles. The van der Waals surface area contributed by atoms with Crippen LogP contribution in [0.3, 0.4) is 0 Å². The van der Waals surface area contributed by atoms with E-state index in [2.05, 4.69) is 26.1 Å². The fourth-order valence-corrected chi connectivity index (χ4v) is 6.51. The molecule has 3 atom stereocenters. The van der Waals surface area contributed by atoms with Crippen LogP contribution < -0.4 is 16.0 Å². The van der Waals surface area contributed by atoms with E-state index < -0.39 is 29.8 Å². The molecule has 0 saturated carbocycles. The molecule has 2 aliphatic heterocycles. The summed E-state index contributed by atoms with van der Waals surface area (Å²) < 4.78 is 66.5. The molecule has 2 saturated heterocycles. The topological polar surface area (TPSA) is 105 Å². The van der Waals surface area contributed by atoms with Crippen LogP contribution in [0.5, 0.6) is 0 Å². The number of alkyl halides is 4. The van der Waals surface area contributed by atoms with Gasteiger partial charge in [0.2, 0.25) is 5.82 Å². The molecule has 3 N–H and O–H groups in total. The first-order valence-corrected chi connectivity index (χ1v) is 13.2. The number of carbonyl (C=O) groups is 1. The van der Waals surface area contributed by atoms with Crippen LogP contribution in [-0.2, 0) is 4.74 Å². The fraction of sp³-hybridized carbons (Fsp3) is 0.500. The highest BCUT2D eigenvalue weighted by Crippen LogP contribution is 2.50. The van der Waals surface area contributed by atoms with Crippen LogP contribution in [0.1, 0.15) is 18.4 Å². The summed E-state index contributed by atoms with van der Waals surface area (Å²) in [7, 11) is 1.60. The Balaban J connectivity index is 1.45. The minimum absolute atomic E-state index is 0.00938. The van der Waals surface area contributed by atoms with E-state index in [0.717, 1.165) is 11.3 Å². The number of rotatable bonds is 8. The van der Waals surface area contributed by atoms with Crippen LogP contribution >= 0.6 is 23.1 Å². The third kappa shape index (κ3) is 5.78. The molecule has 0 unspecified atom stereocenters. The number of anilines is 1. The second-order valence-electron chi connectivity index (χ2n) is 8.70. The molecule has 4 heterocycles. The lowest BCUT2D eigenvalue weighted by Gasteiger charge is -2.35. The average molecular weight is 561 g/mol. The van der Waals surface area contributed by atoms with Gasteiger partial charge in [-0.3, -0.25) is 4.90 Å². The van der Waals surface area contributed by atoms with Gasteiger partial charge in [-0.1, -0.05) is 17.3 Å². The summed E-state index contributed by atoms with van der Waals surface area (Å²) in [5, 5.41) is 12.7. The summed E-state index contributed by atoms with van der Waals surface area (Å²) in [5.74, 6) is 0.0810. The Labute approximate surface area is 217 Å². The Morgan fingerprint density at radius 2 is 2.22 bits per heavy atom. The minimum Gasteiger partial charge on any atom is -0.383 e. The predicted molar refractivity (Wildman–Crippen MR) is 132 cm³/mol. The molecule has 1 aromatic carbocycles. The van der Waals surface area contributed by atoms with Gasteiger partial charge in [-0.05, 0) is 24.2 Å². The molecule has 0 bridgehead atoms. The maximum absolute atomic E-state index is 15.0. The summed E-state index contributed by atoms with van der Waals surface area (Å²) in [6.45, 7) is 2.31. The van der Waals surface area contributed by atoms with Crippen LogP contribution in [0.15, 0.2) is 27.6 Å². The predicted octanol–water partition coefficient (Wildman–Crippen LogP) is 4.39. The second-order valence-corrected chi connectivity index (χ2v) is 10.8. The van der Waals surface area contributed by atoms with Crippen molar-refractivity contribution in [3.8, 4) is 10.7 Å². The molecule has 0 spiro atoms. The van der Waals surface area contributed by atoms with E-state index >= 15 is 0 Å². The Hall–Kier alpha value is -2.62. The van der Waals surface area contributed by atoms with Crippen molar-refractivity contribution in [1.29, 1.82) is 0 Å². The van der Waals surface area contributed by atoms with Gasteiger partial charge in [0.05, 0.1) is 27.9 Å². The Morgan fingerprint density at radius 1 is 1.38 bits per heavy atom. The number of hydrogen-bond donors (Lipinski definition) is 3. The SMILES string of the molecule is COCCN1CC[C@@H](Nc2cccc3c(SC(F)(F)F)c(-c4noc([C@H]5CNC(=O)N5)n4)sc23)[C@@H](F)C1.